The molecule has 3 aromatic rings. The highest BCUT2D eigenvalue weighted by atomic mass is 28.3. The highest BCUT2D eigenvalue weighted by Gasteiger charge is 2.12. The Hall–Kier alpha value is -2.91. The highest BCUT2D eigenvalue weighted by molar-refractivity contribution is 6.83. The van der Waals surface area contributed by atoms with Gasteiger partial charge in [-0.2, -0.15) is 0 Å². The summed E-state index contributed by atoms with van der Waals surface area (Å²) in [6, 6.07) is 11.1. The molecule has 0 atom stereocenters. The van der Waals surface area contributed by atoms with E-state index in [0.29, 0.717) is 16.5 Å². The number of benzene rings is 2. The molecule has 0 spiro atoms. The molecule has 0 bridgehead atoms. The Bertz CT molecular complexity index is 1190. The van der Waals surface area contributed by atoms with Gasteiger partial charge in [0.2, 0.25) is 0 Å². The molecule has 0 aliphatic carbocycles. The molecule has 0 fully saturated rings. The van der Waals surface area contributed by atoms with E-state index in [9.17, 15) is 14.0 Å². The lowest BCUT2D eigenvalue weighted by atomic mass is 10.1. The molecule has 27 heavy (non-hydrogen) atoms. The molecule has 0 saturated carbocycles. The molecular weight excluding hydrogens is 359 g/mol. The topological polar surface area (TPSA) is 44.0 Å². The van der Waals surface area contributed by atoms with Crippen LogP contribution in [0.15, 0.2) is 52.1 Å². The van der Waals surface area contributed by atoms with E-state index in [1.807, 2.05) is 6.07 Å². The van der Waals surface area contributed by atoms with Gasteiger partial charge in [0.1, 0.15) is 13.9 Å². The number of halogens is 1. The van der Waals surface area contributed by atoms with Gasteiger partial charge >= 0.3 is 5.69 Å². The van der Waals surface area contributed by atoms with Crippen LogP contribution in [0.25, 0.3) is 10.9 Å². The molecule has 2 aromatic carbocycles. The van der Waals surface area contributed by atoms with Crippen LogP contribution in [0.4, 0.5) is 4.39 Å². The normalized spacial score (nSPS) is 11.3. The third kappa shape index (κ3) is 4.09. The monoisotopic (exact) mass is 380 g/mol. The van der Waals surface area contributed by atoms with Crippen molar-refractivity contribution in [2.75, 3.05) is 0 Å². The molecule has 0 radical (unpaired) electrons. The SMILES string of the molecule is Cn1c(=O)n(Cc2ccc(F)cc2)c(=O)c2cc(C#C[Si](C)(C)C)ccc21. The lowest BCUT2D eigenvalue weighted by Crippen LogP contribution is -2.39. The summed E-state index contributed by atoms with van der Waals surface area (Å²) in [6.07, 6.45) is 0. The van der Waals surface area contributed by atoms with E-state index in [0.717, 1.165) is 5.56 Å². The molecule has 0 aliphatic heterocycles. The average Bonchev–Trinajstić information content (AvgIpc) is 2.62. The summed E-state index contributed by atoms with van der Waals surface area (Å²) in [4.78, 5) is 25.6. The first-order valence-electron chi connectivity index (χ1n) is 8.67. The Morgan fingerprint density at radius 1 is 1.04 bits per heavy atom. The Labute approximate surface area is 157 Å². The smallest absolute Gasteiger partial charge is 0.296 e. The van der Waals surface area contributed by atoms with E-state index >= 15 is 0 Å². The second kappa shape index (κ2) is 7.01. The third-order valence-electron chi connectivity index (χ3n) is 4.19. The molecule has 0 saturated heterocycles. The van der Waals surface area contributed by atoms with Crippen LogP contribution in [0.1, 0.15) is 11.1 Å². The molecule has 4 nitrogen and oxygen atoms in total. The minimum absolute atomic E-state index is 0.0898. The van der Waals surface area contributed by atoms with Crippen LogP contribution in [0.5, 0.6) is 0 Å². The van der Waals surface area contributed by atoms with Crippen molar-refractivity contribution in [1.29, 1.82) is 0 Å². The van der Waals surface area contributed by atoms with Crippen LogP contribution in [-0.2, 0) is 13.6 Å². The molecular formula is C21H21FN2O2Si. The van der Waals surface area contributed by atoms with Crippen molar-refractivity contribution in [1.82, 2.24) is 9.13 Å². The van der Waals surface area contributed by atoms with Crippen molar-refractivity contribution in [2.45, 2.75) is 26.2 Å². The number of rotatable bonds is 2. The molecule has 1 aromatic heterocycles. The van der Waals surface area contributed by atoms with Crippen molar-refractivity contribution in [2.24, 2.45) is 7.05 Å². The average molecular weight is 380 g/mol. The number of aromatic nitrogens is 2. The Balaban J connectivity index is 2.17. The Morgan fingerprint density at radius 2 is 1.70 bits per heavy atom. The van der Waals surface area contributed by atoms with Crippen LogP contribution >= 0.6 is 0 Å². The van der Waals surface area contributed by atoms with Gasteiger partial charge in [0.15, 0.2) is 0 Å². The van der Waals surface area contributed by atoms with Gasteiger partial charge in [0.05, 0.1) is 17.4 Å². The van der Waals surface area contributed by atoms with E-state index < -0.39 is 13.8 Å². The first-order valence-corrected chi connectivity index (χ1v) is 12.2. The standard InChI is InChI=1S/C21H21FN2O2Si/c1-23-19-10-7-15(11-12-27(2,3)4)13-18(19)20(25)24(21(23)26)14-16-5-8-17(22)9-6-16/h5-10,13H,14H2,1-4H3. The lowest BCUT2D eigenvalue weighted by molar-refractivity contribution is 0.623. The second-order valence-corrected chi connectivity index (χ2v) is 12.3. The minimum atomic E-state index is -1.54. The summed E-state index contributed by atoms with van der Waals surface area (Å²) in [5.41, 5.74) is 4.52. The third-order valence-corrected chi connectivity index (χ3v) is 5.06. The fourth-order valence-electron chi connectivity index (χ4n) is 2.77. The fraction of sp³-hybridized carbons (Fsp3) is 0.238. The van der Waals surface area contributed by atoms with E-state index in [-0.39, 0.29) is 17.9 Å². The fourth-order valence-corrected chi connectivity index (χ4v) is 3.28. The van der Waals surface area contributed by atoms with Gasteiger partial charge in [-0.25, -0.2) is 9.18 Å². The minimum Gasteiger partial charge on any atom is -0.296 e. The summed E-state index contributed by atoms with van der Waals surface area (Å²) in [5, 5.41) is 0.446. The van der Waals surface area contributed by atoms with Crippen LogP contribution in [-0.4, -0.2) is 17.2 Å². The highest BCUT2D eigenvalue weighted by Crippen LogP contribution is 2.11. The van der Waals surface area contributed by atoms with Crippen LogP contribution in [0.3, 0.4) is 0 Å². The maximum Gasteiger partial charge on any atom is 0.331 e. The van der Waals surface area contributed by atoms with Gasteiger partial charge in [0.25, 0.3) is 5.56 Å². The predicted octanol–water partition coefficient (Wildman–Crippen LogP) is 3.12. The summed E-state index contributed by atoms with van der Waals surface area (Å²) in [7, 11) is 0.0998. The lowest BCUT2D eigenvalue weighted by Gasteiger charge is -2.11. The van der Waals surface area contributed by atoms with Gasteiger partial charge in [-0.1, -0.05) is 37.7 Å². The van der Waals surface area contributed by atoms with E-state index in [4.69, 9.17) is 0 Å². The molecule has 0 aliphatic rings. The van der Waals surface area contributed by atoms with Crippen molar-refractivity contribution in [3.8, 4) is 11.5 Å². The quantitative estimate of drug-likeness (QED) is 0.506. The maximum absolute atomic E-state index is 13.1. The zero-order valence-electron chi connectivity index (χ0n) is 15.8. The van der Waals surface area contributed by atoms with Crippen molar-refractivity contribution in [3.63, 3.8) is 0 Å². The van der Waals surface area contributed by atoms with Crippen molar-refractivity contribution >= 4 is 19.0 Å². The van der Waals surface area contributed by atoms with Gasteiger partial charge < -0.3 is 0 Å². The van der Waals surface area contributed by atoms with E-state index in [1.54, 1.807) is 31.3 Å². The summed E-state index contributed by atoms with van der Waals surface area (Å²) >= 11 is 0. The molecule has 6 heteroatoms. The van der Waals surface area contributed by atoms with Crippen LogP contribution < -0.4 is 11.2 Å². The first kappa shape index (κ1) is 18.9. The number of hydrogen-bond acceptors (Lipinski definition) is 2. The van der Waals surface area contributed by atoms with Gasteiger partial charge in [-0.3, -0.25) is 13.9 Å². The molecule has 138 valence electrons. The van der Waals surface area contributed by atoms with Gasteiger partial charge in [0, 0.05) is 12.6 Å². The molecule has 0 amide bonds. The molecule has 0 N–H and O–H groups in total. The molecule has 0 unspecified atom stereocenters. The van der Waals surface area contributed by atoms with E-state index in [2.05, 4.69) is 31.1 Å². The number of aryl methyl sites for hydroxylation is 1. The van der Waals surface area contributed by atoms with Gasteiger partial charge in [-0.15, -0.1) is 5.54 Å². The van der Waals surface area contributed by atoms with Crippen molar-refractivity contribution in [3.05, 3.63) is 80.2 Å². The number of nitrogens with zero attached hydrogens (tertiary/aromatic N) is 2. The number of fused-ring (bicyclic) bond motifs is 1. The Kier molecular flexibility index (Phi) is 4.90. The van der Waals surface area contributed by atoms with Crippen molar-refractivity contribution < 1.29 is 4.39 Å². The zero-order valence-corrected chi connectivity index (χ0v) is 16.8. The second-order valence-electron chi connectivity index (χ2n) is 7.59. The summed E-state index contributed by atoms with van der Waals surface area (Å²) in [5.74, 6) is 2.79. The summed E-state index contributed by atoms with van der Waals surface area (Å²) in [6.45, 7) is 6.55. The van der Waals surface area contributed by atoms with Gasteiger partial charge in [-0.05, 0) is 35.9 Å². The maximum atomic E-state index is 13.1. The van der Waals surface area contributed by atoms with Crippen LogP contribution in [0.2, 0.25) is 19.6 Å². The Morgan fingerprint density at radius 3 is 2.33 bits per heavy atom. The van der Waals surface area contributed by atoms with E-state index in [1.165, 1.54) is 21.3 Å². The molecule has 1 heterocycles. The summed E-state index contributed by atoms with van der Waals surface area (Å²) < 4.78 is 15.7. The largest absolute Gasteiger partial charge is 0.331 e. The first-order chi connectivity index (χ1) is 12.7. The number of hydrogen-bond donors (Lipinski definition) is 0. The zero-order chi connectivity index (χ0) is 19.8. The molecule has 3 rings (SSSR count). The predicted molar refractivity (Wildman–Crippen MR) is 109 cm³/mol. The van der Waals surface area contributed by atoms with Crippen LogP contribution in [0, 0.1) is 17.3 Å².